The largest absolute Gasteiger partial charge is 0.463 e. The summed E-state index contributed by atoms with van der Waals surface area (Å²) in [5.74, 6) is 0.328. The number of hydrogen-bond donors (Lipinski definition) is 1. The van der Waals surface area contributed by atoms with E-state index in [1.54, 1.807) is 6.07 Å². The van der Waals surface area contributed by atoms with E-state index in [0.29, 0.717) is 17.2 Å². The standard InChI is InChI=1S/C16H11N3O3/c1-21-16(20)14-7-6-11(22-14)8-10(9-17)15-18-12-4-2-3-5-13(12)19-15/h2-8H,1H3,(H,18,19)/b10-8+. The molecule has 22 heavy (non-hydrogen) atoms. The molecule has 0 fully saturated rings. The van der Waals surface area contributed by atoms with Crippen LogP contribution in [0.25, 0.3) is 22.7 Å². The van der Waals surface area contributed by atoms with Crippen LogP contribution in [0.15, 0.2) is 40.8 Å². The number of aromatic nitrogens is 2. The zero-order valence-corrected chi connectivity index (χ0v) is 11.7. The maximum Gasteiger partial charge on any atom is 0.373 e. The summed E-state index contributed by atoms with van der Waals surface area (Å²) in [6.07, 6.45) is 1.52. The smallest absolute Gasteiger partial charge is 0.373 e. The van der Waals surface area contributed by atoms with Gasteiger partial charge in [-0.1, -0.05) is 12.1 Å². The van der Waals surface area contributed by atoms with Crippen LogP contribution in [0.4, 0.5) is 0 Å². The number of H-pyrrole nitrogens is 1. The minimum Gasteiger partial charge on any atom is -0.463 e. The number of ether oxygens (including phenoxy) is 1. The molecule has 0 amide bonds. The highest BCUT2D eigenvalue weighted by atomic mass is 16.5. The number of rotatable bonds is 3. The molecule has 3 rings (SSSR count). The number of furan rings is 1. The van der Waals surface area contributed by atoms with E-state index in [0.717, 1.165) is 11.0 Å². The minimum atomic E-state index is -0.568. The number of carbonyl (C=O) groups excluding carboxylic acids is 1. The van der Waals surface area contributed by atoms with Crippen molar-refractivity contribution >= 4 is 28.7 Å². The molecule has 6 heteroatoms. The molecule has 2 heterocycles. The highest BCUT2D eigenvalue weighted by molar-refractivity contribution is 5.90. The second-order valence-corrected chi connectivity index (χ2v) is 4.47. The monoisotopic (exact) mass is 293 g/mol. The van der Waals surface area contributed by atoms with Crippen molar-refractivity contribution in [1.29, 1.82) is 5.26 Å². The quantitative estimate of drug-likeness (QED) is 0.592. The Labute approximate surface area is 125 Å². The summed E-state index contributed by atoms with van der Waals surface area (Å²) in [5.41, 5.74) is 1.92. The number of carbonyl (C=O) groups is 1. The van der Waals surface area contributed by atoms with Crippen LogP contribution in [-0.4, -0.2) is 23.0 Å². The van der Waals surface area contributed by atoms with Crippen molar-refractivity contribution < 1.29 is 13.9 Å². The van der Waals surface area contributed by atoms with E-state index in [1.165, 1.54) is 19.3 Å². The van der Waals surface area contributed by atoms with Gasteiger partial charge in [-0.3, -0.25) is 0 Å². The van der Waals surface area contributed by atoms with E-state index >= 15 is 0 Å². The maximum absolute atomic E-state index is 11.3. The van der Waals surface area contributed by atoms with Crippen LogP contribution in [0, 0.1) is 11.3 Å². The van der Waals surface area contributed by atoms with Crippen molar-refractivity contribution in [3.63, 3.8) is 0 Å². The van der Waals surface area contributed by atoms with Gasteiger partial charge < -0.3 is 14.1 Å². The number of methoxy groups -OCH3 is 1. The summed E-state index contributed by atoms with van der Waals surface area (Å²) < 4.78 is 9.89. The van der Waals surface area contributed by atoms with Gasteiger partial charge in [0, 0.05) is 6.08 Å². The predicted molar refractivity (Wildman–Crippen MR) is 79.6 cm³/mol. The molecule has 0 bridgehead atoms. The van der Waals surface area contributed by atoms with E-state index < -0.39 is 5.97 Å². The Morgan fingerprint density at radius 2 is 2.18 bits per heavy atom. The SMILES string of the molecule is COC(=O)c1ccc(/C=C(\C#N)c2nc3ccccc3[nH]2)o1. The van der Waals surface area contributed by atoms with Gasteiger partial charge in [-0.15, -0.1) is 0 Å². The molecule has 0 aliphatic rings. The first kappa shape index (κ1) is 13.6. The molecule has 0 radical (unpaired) electrons. The fourth-order valence-corrected chi connectivity index (χ4v) is 2.02. The molecule has 1 aromatic carbocycles. The second kappa shape index (κ2) is 5.58. The lowest BCUT2D eigenvalue weighted by atomic mass is 10.2. The van der Waals surface area contributed by atoms with Crippen molar-refractivity contribution in [2.24, 2.45) is 0 Å². The molecule has 2 aromatic heterocycles. The summed E-state index contributed by atoms with van der Waals surface area (Å²) in [5, 5.41) is 9.32. The molecule has 0 unspecified atom stereocenters. The fraction of sp³-hybridized carbons (Fsp3) is 0.0625. The Kier molecular flexibility index (Phi) is 3.46. The molecule has 6 nitrogen and oxygen atoms in total. The molecule has 0 saturated carbocycles. The molecule has 0 saturated heterocycles. The van der Waals surface area contributed by atoms with E-state index in [2.05, 4.69) is 20.8 Å². The van der Waals surface area contributed by atoms with Crippen LogP contribution in [0.2, 0.25) is 0 Å². The summed E-state index contributed by atoms with van der Waals surface area (Å²) in [6.45, 7) is 0. The van der Waals surface area contributed by atoms with E-state index in [-0.39, 0.29) is 5.76 Å². The summed E-state index contributed by atoms with van der Waals surface area (Å²) in [6, 6.07) is 12.6. The van der Waals surface area contributed by atoms with Crippen LogP contribution in [-0.2, 0) is 4.74 Å². The van der Waals surface area contributed by atoms with Gasteiger partial charge in [0.15, 0.2) is 0 Å². The van der Waals surface area contributed by atoms with Crippen molar-refractivity contribution in [2.45, 2.75) is 0 Å². The number of para-hydroxylation sites is 2. The highest BCUT2D eigenvalue weighted by Gasteiger charge is 2.12. The predicted octanol–water partition coefficient (Wildman–Crippen LogP) is 3.01. The molecule has 0 atom stereocenters. The lowest BCUT2D eigenvalue weighted by molar-refractivity contribution is 0.0564. The zero-order valence-electron chi connectivity index (χ0n) is 11.7. The number of fused-ring (bicyclic) bond motifs is 1. The van der Waals surface area contributed by atoms with E-state index in [4.69, 9.17) is 4.42 Å². The first-order valence-corrected chi connectivity index (χ1v) is 6.46. The van der Waals surface area contributed by atoms with Gasteiger partial charge in [-0.25, -0.2) is 9.78 Å². The number of aromatic amines is 1. The van der Waals surface area contributed by atoms with Gasteiger partial charge >= 0.3 is 5.97 Å². The Morgan fingerprint density at radius 3 is 2.91 bits per heavy atom. The number of allylic oxidation sites excluding steroid dienone is 1. The Hall–Kier alpha value is -3.33. The molecule has 1 N–H and O–H groups in total. The Balaban J connectivity index is 1.98. The van der Waals surface area contributed by atoms with Crippen molar-refractivity contribution in [3.8, 4) is 6.07 Å². The normalized spacial score (nSPS) is 11.4. The number of nitrogens with zero attached hydrogens (tertiary/aromatic N) is 2. The topological polar surface area (TPSA) is 91.9 Å². The number of hydrogen-bond acceptors (Lipinski definition) is 5. The minimum absolute atomic E-state index is 0.0793. The first-order valence-electron chi connectivity index (χ1n) is 6.46. The van der Waals surface area contributed by atoms with Crippen molar-refractivity contribution in [1.82, 2.24) is 9.97 Å². The fourth-order valence-electron chi connectivity index (χ4n) is 2.02. The first-order chi connectivity index (χ1) is 10.7. The molecule has 0 spiro atoms. The third kappa shape index (κ3) is 2.47. The second-order valence-electron chi connectivity index (χ2n) is 4.47. The van der Waals surface area contributed by atoms with Crippen molar-refractivity contribution in [3.05, 3.63) is 53.7 Å². The average Bonchev–Trinajstić information content (AvgIpc) is 3.18. The number of nitriles is 1. The van der Waals surface area contributed by atoms with Gasteiger partial charge in [0.25, 0.3) is 0 Å². The summed E-state index contributed by atoms with van der Waals surface area (Å²) in [4.78, 5) is 18.8. The van der Waals surface area contributed by atoms with Crippen LogP contribution in [0.5, 0.6) is 0 Å². The maximum atomic E-state index is 11.3. The molecule has 3 aromatic rings. The molecule has 0 aliphatic carbocycles. The molecular formula is C16H11N3O3. The van der Waals surface area contributed by atoms with Gasteiger partial charge in [0.1, 0.15) is 17.7 Å². The van der Waals surface area contributed by atoms with Gasteiger partial charge in [-0.05, 0) is 24.3 Å². The average molecular weight is 293 g/mol. The van der Waals surface area contributed by atoms with Crippen LogP contribution in [0.3, 0.4) is 0 Å². The number of nitrogens with one attached hydrogen (secondary N) is 1. The zero-order chi connectivity index (χ0) is 15.5. The third-order valence-corrected chi connectivity index (χ3v) is 3.06. The third-order valence-electron chi connectivity index (χ3n) is 3.06. The summed E-state index contributed by atoms with van der Waals surface area (Å²) >= 11 is 0. The van der Waals surface area contributed by atoms with Gasteiger partial charge in [0.2, 0.25) is 5.76 Å². The number of benzene rings is 1. The number of imidazole rings is 1. The van der Waals surface area contributed by atoms with Crippen LogP contribution < -0.4 is 0 Å². The highest BCUT2D eigenvalue weighted by Crippen LogP contribution is 2.20. The lowest BCUT2D eigenvalue weighted by Gasteiger charge is -1.93. The Bertz CT molecular complexity index is 879. The summed E-state index contributed by atoms with van der Waals surface area (Å²) in [7, 11) is 1.27. The molecular weight excluding hydrogens is 282 g/mol. The molecule has 0 aliphatic heterocycles. The Morgan fingerprint density at radius 1 is 1.36 bits per heavy atom. The van der Waals surface area contributed by atoms with E-state index in [9.17, 15) is 10.1 Å². The molecule has 108 valence electrons. The van der Waals surface area contributed by atoms with Crippen LogP contribution in [0.1, 0.15) is 22.1 Å². The van der Waals surface area contributed by atoms with Gasteiger partial charge in [0.05, 0.1) is 23.7 Å². The lowest BCUT2D eigenvalue weighted by Crippen LogP contribution is -1.98. The van der Waals surface area contributed by atoms with Crippen molar-refractivity contribution in [2.75, 3.05) is 7.11 Å². The van der Waals surface area contributed by atoms with Crippen LogP contribution >= 0.6 is 0 Å². The van der Waals surface area contributed by atoms with Gasteiger partial charge in [-0.2, -0.15) is 5.26 Å². The number of esters is 1. The van der Waals surface area contributed by atoms with E-state index in [1.807, 2.05) is 24.3 Å².